The minimum absolute atomic E-state index is 0.138. The third-order valence-corrected chi connectivity index (χ3v) is 5.97. The van der Waals surface area contributed by atoms with Gasteiger partial charge in [0.05, 0.1) is 10.4 Å². The molecule has 2 amide bonds. The van der Waals surface area contributed by atoms with Gasteiger partial charge in [-0.15, -0.1) is 0 Å². The Balaban J connectivity index is 1.73. The minimum Gasteiger partial charge on any atom is -0.366 e. The Hall–Kier alpha value is -3.01. The topological polar surface area (TPSA) is 98.0 Å². The first kappa shape index (κ1) is 20.3. The van der Waals surface area contributed by atoms with Crippen LogP contribution in [0.2, 0.25) is 0 Å². The lowest BCUT2D eigenvalue weighted by Crippen LogP contribution is -2.47. The molecule has 3 N–H and O–H groups in total. The zero-order chi connectivity index (χ0) is 21.6. The van der Waals surface area contributed by atoms with E-state index in [1.165, 1.54) is 0 Å². The van der Waals surface area contributed by atoms with Gasteiger partial charge in [0, 0.05) is 11.1 Å². The minimum atomic E-state index is -4.52. The third kappa shape index (κ3) is 3.87. The zero-order valence-electron chi connectivity index (χ0n) is 15.8. The number of nitrogens with one attached hydrogen (secondary N) is 1. The van der Waals surface area contributed by atoms with E-state index in [1.54, 1.807) is 37.3 Å². The lowest BCUT2D eigenvalue weighted by atomic mass is 10.1. The summed E-state index contributed by atoms with van der Waals surface area (Å²) in [5.74, 6) is -2.09. The molecule has 30 heavy (non-hydrogen) atoms. The largest absolute Gasteiger partial charge is 0.408 e. The molecule has 2 aromatic heterocycles. The van der Waals surface area contributed by atoms with E-state index < -0.39 is 30.0 Å². The van der Waals surface area contributed by atoms with Gasteiger partial charge in [0.2, 0.25) is 5.91 Å². The van der Waals surface area contributed by atoms with Crippen LogP contribution in [0.1, 0.15) is 39.3 Å². The van der Waals surface area contributed by atoms with Crippen molar-refractivity contribution in [3.8, 4) is 11.3 Å². The first-order chi connectivity index (χ1) is 14.1. The van der Waals surface area contributed by atoms with Crippen molar-refractivity contribution < 1.29 is 22.8 Å². The van der Waals surface area contributed by atoms with Crippen molar-refractivity contribution in [2.24, 2.45) is 11.7 Å². The summed E-state index contributed by atoms with van der Waals surface area (Å²) >= 11 is 1.01. The molecule has 0 saturated heterocycles. The molecule has 10 heteroatoms. The molecule has 0 spiro atoms. The monoisotopic (exact) mass is 434 g/mol. The van der Waals surface area contributed by atoms with Crippen LogP contribution in [-0.4, -0.2) is 33.4 Å². The molecular formula is C20H17F3N4O2S. The number of alkyl halides is 3. The third-order valence-electron chi connectivity index (χ3n) is 5.00. The number of aryl methyl sites for hydroxylation is 1. The standard InChI is InChI=1S/C20H17F3N4O2S/c1-9-7-13(11-3-2-4-12(8-11)18(24)28)25-14-15(27-30-16(9)14)19(29)26-17(10-5-6-10)20(21,22)23/h2-4,7-8,10,17H,5-6H2,1H3,(H2,24,28)(H,26,29). The highest BCUT2D eigenvalue weighted by Crippen LogP contribution is 2.40. The van der Waals surface area contributed by atoms with Crippen LogP contribution in [0.4, 0.5) is 13.2 Å². The average Bonchev–Trinajstić information content (AvgIpc) is 3.42. The first-order valence-corrected chi connectivity index (χ1v) is 9.97. The first-order valence-electron chi connectivity index (χ1n) is 9.20. The number of hydrogen-bond acceptors (Lipinski definition) is 5. The quantitative estimate of drug-likeness (QED) is 0.638. The number of nitrogens with zero attached hydrogens (tertiary/aromatic N) is 2. The smallest absolute Gasteiger partial charge is 0.366 e. The summed E-state index contributed by atoms with van der Waals surface area (Å²) in [7, 11) is 0. The van der Waals surface area contributed by atoms with Crippen LogP contribution < -0.4 is 11.1 Å². The molecule has 1 unspecified atom stereocenters. The Labute approximate surface area is 173 Å². The van der Waals surface area contributed by atoms with Gasteiger partial charge in [-0.3, -0.25) is 9.59 Å². The van der Waals surface area contributed by atoms with E-state index in [9.17, 15) is 22.8 Å². The summed E-state index contributed by atoms with van der Waals surface area (Å²) in [6.07, 6.45) is -3.66. The molecule has 4 rings (SSSR count). The van der Waals surface area contributed by atoms with Gasteiger partial charge < -0.3 is 11.1 Å². The van der Waals surface area contributed by atoms with Gasteiger partial charge in [-0.25, -0.2) is 4.98 Å². The normalized spacial score (nSPS) is 15.2. The Kier molecular flexibility index (Phi) is 4.97. The van der Waals surface area contributed by atoms with E-state index in [4.69, 9.17) is 5.73 Å². The summed E-state index contributed by atoms with van der Waals surface area (Å²) in [5, 5.41) is 2.10. The molecule has 156 valence electrons. The average molecular weight is 434 g/mol. The highest BCUT2D eigenvalue weighted by molar-refractivity contribution is 7.13. The van der Waals surface area contributed by atoms with E-state index in [0.717, 1.165) is 17.1 Å². The van der Waals surface area contributed by atoms with E-state index in [0.29, 0.717) is 34.4 Å². The second kappa shape index (κ2) is 7.35. The van der Waals surface area contributed by atoms with Crippen molar-refractivity contribution >= 4 is 33.6 Å². The number of carbonyl (C=O) groups is 2. The van der Waals surface area contributed by atoms with Crippen LogP contribution in [0.25, 0.3) is 21.5 Å². The van der Waals surface area contributed by atoms with Crippen molar-refractivity contribution in [1.29, 1.82) is 0 Å². The van der Waals surface area contributed by atoms with Gasteiger partial charge in [-0.2, -0.15) is 17.5 Å². The molecular weight excluding hydrogens is 417 g/mol. The number of fused-ring (bicyclic) bond motifs is 1. The van der Waals surface area contributed by atoms with Gasteiger partial charge in [0.1, 0.15) is 11.6 Å². The highest BCUT2D eigenvalue weighted by Gasteiger charge is 2.50. The molecule has 1 aromatic carbocycles. The van der Waals surface area contributed by atoms with Crippen LogP contribution in [0.3, 0.4) is 0 Å². The van der Waals surface area contributed by atoms with E-state index >= 15 is 0 Å². The number of hydrogen-bond donors (Lipinski definition) is 2. The second-order valence-corrected chi connectivity index (χ2v) is 8.08. The van der Waals surface area contributed by atoms with Crippen LogP contribution in [0, 0.1) is 12.8 Å². The van der Waals surface area contributed by atoms with Crippen molar-refractivity contribution in [2.75, 3.05) is 0 Å². The SMILES string of the molecule is Cc1cc(-c2cccc(C(N)=O)c2)nc2c(C(=O)NC(C3CC3)C(F)(F)F)nsc12. The summed E-state index contributed by atoms with van der Waals surface area (Å²) in [4.78, 5) is 28.6. The van der Waals surface area contributed by atoms with Crippen molar-refractivity contribution in [3.63, 3.8) is 0 Å². The second-order valence-electron chi connectivity index (χ2n) is 7.31. The maximum Gasteiger partial charge on any atom is 0.408 e. The fourth-order valence-electron chi connectivity index (χ4n) is 3.31. The molecule has 1 aliphatic carbocycles. The molecule has 6 nitrogen and oxygen atoms in total. The van der Waals surface area contributed by atoms with Gasteiger partial charge >= 0.3 is 6.18 Å². The number of halogens is 3. The molecule has 1 aliphatic rings. The lowest BCUT2D eigenvalue weighted by Gasteiger charge is -2.20. The van der Waals surface area contributed by atoms with Crippen LogP contribution in [0.15, 0.2) is 30.3 Å². The predicted molar refractivity (Wildman–Crippen MR) is 106 cm³/mol. The molecule has 1 saturated carbocycles. The van der Waals surface area contributed by atoms with Crippen LogP contribution in [0.5, 0.6) is 0 Å². The Morgan fingerprint density at radius 3 is 2.63 bits per heavy atom. The molecule has 2 heterocycles. The molecule has 1 fully saturated rings. The number of pyridine rings is 1. The maximum atomic E-state index is 13.3. The predicted octanol–water partition coefficient (Wildman–Crippen LogP) is 3.84. The van der Waals surface area contributed by atoms with Crippen molar-refractivity contribution in [1.82, 2.24) is 14.7 Å². The summed E-state index contributed by atoms with van der Waals surface area (Å²) in [6, 6.07) is 6.40. The van der Waals surface area contributed by atoms with Crippen molar-refractivity contribution in [3.05, 3.63) is 47.2 Å². The van der Waals surface area contributed by atoms with Crippen molar-refractivity contribution in [2.45, 2.75) is 32.0 Å². The van der Waals surface area contributed by atoms with E-state index in [2.05, 4.69) is 14.7 Å². The zero-order valence-corrected chi connectivity index (χ0v) is 16.6. The van der Waals surface area contributed by atoms with Gasteiger partial charge in [-0.1, -0.05) is 12.1 Å². The number of nitrogens with two attached hydrogens (primary N) is 1. The Morgan fingerprint density at radius 1 is 1.27 bits per heavy atom. The Bertz CT molecular complexity index is 1150. The summed E-state index contributed by atoms with van der Waals surface area (Å²) in [6.45, 7) is 1.80. The lowest BCUT2D eigenvalue weighted by molar-refractivity contribution is -0.158. The maximum absolute atomic E-state index is 13.3. The molecule has 0 radical (unpaired) electrons. The fourth-order valence-corrected chi connectivity index (χ4v) is 4.09. The summed E-state index contributed by atoms with van der Waals surface area (Å²) in [5.41, 5.74) is 7.55. The van der Waals surface area contributed by atoms with Gasteiger partial charge in [-0.05, 0) is 61.0 Å². The number of rotatable bonds is 5. The van der Waals surface area contributed by atoms with E-state index in [-0.39, 0.29) is 11.2 Å². The molecule has 3 aromatic rings. The summed E-state index contributed by atoms with van der Waals surface area (Å²) < 4.78 is 44.6. The van der Waals surface area contributed by atoms with Gasteiger partial charge in [0.25, 0.3) is 5.91 Å². The van der Waals surface area contributed by atoms with E-state index in [1.807, 2.05) is 0 Å². The molecule has 0 aliphatic heterocycles. The molecule has 0 bridgehead atoms. The number of carbonyl (C=O) groups excluding carboxylic acids is 2. The molecule has 1 atom stereocenters. The van der Waals surface area contributed by atoms with Crippen LogP contribution >= 0.6 is 11.5 Å². The van der Waals surface area contributed by atoms with Crippen LogP contribution in [-0.2, 0) is 0 Å². The highest BCUT2D eigenvalue weighted by atomic mass is 32.1. The Morgan fingerprint density at radius 2 is 2.00 bits per heavy atom. The number of amides is 2. The number of aromatic nitrogens is 2. The fraction of sp³-hybridized carbons (Fsp3) is 0.300. The van der Waals surface area contributed by atoms with Gasteiger partial charge in [0.15, 0.2) is 5.69 Å². The number of primary amides is 1. The number of benzene rings is 1.